The maximum Gasteiger partial charge on any atom is 0.180 e. The highest BCUT2D eigenvalue weighted by Gasteiger charge is 2.29. The van der Waals surface area contributed by atoms with Gasteiger partial charge in [0.15, 0.2) is 5.78 Å². The number of rotatable bonds is 6. The summed E-state index contributed by atoms with van der Waals surface area (Å²) in [6, 6.07) is 18.6. The van der Waals surface area contributed by atoms with E-state index in [0.717, 1.165) is 54.8 Å². The summed E-state index contributed by atoms with van der Waals surface area (Å²) in [5.74, 6) is 1.04. The predicted octanol–water partition coefficient (Wildman–Crippen LogP) is 6.40. The number of Topliss-reactive ketones (excluding diaryl/α,β-unsaturated/α-hetero) is 1. The molecule has 0 saturated heterocycles. The Kier molecular flexibility index (Phi) is 5.14. The molecule has 0 fully saturated rings. The summed E-state index contributed by atoms with van der Waals surface area (Å²) in [4.78, 5) is 13.4. The van der Waals surface area contributed by atoms with Crippen LogP contribution in [0.4, 0.5) is 0 Å². The van der Waals surface area contributed by atoms with Crippen molar-refractivity contribution in [2.45, 2.75) is 45.6 Å². The first-order valence-electron chi connectivity index (χ1n) is 11.2. The maximum atomic E-state index is 13.4. The Labute approximate surface area is 183 Å². The molecule has 0 radical (unpaired) electrons. The maximum absolute atomic E-state index is 13.4. The number of benzene rings is 2. The average Bonchev–Trinajstić information content (AvgIpc) is 3.23. The Morgan fingerprint density at radius 2 is 1.77 bits per heavy atom. The van der Waals surface area contributed by atoms with Gasteiger partial charge in [-0.3, -0.25) is 9.20 Å². The molecule has 5 rings (SSSR count). The molecule has 0 N–H and O–H groups in total. The predicted molar refractivity (Wildman–Crippen MR) is 125 cm³/mol. The van der Waals surface area contributed by atoms with E-state index in [4.69, 9.17) is 4.74 Å². The fraction of sp³-hybridized carbons (Fsp3) is 0.296. The molecule has 4 heteroatoms. The third-order valence-electron chi connectivity index (χ3n) is 6.32. The summed E-state index contributed by atoms with van der Waals surface area (Å²) in [5, 5.41) is 0. The van der Waals surface area contributed by atoms with Crippen LogP contribution >= 0.6 is 0 Å². The summed E-state index contributed by atoms with van der Waals surface area (Å²) in [6.45, 7) is 3.04. The molecule has 158 valence electrons. The molecule has 0 amide bonds. The van der Waals surface area contributed by atoms with Crippen LogP contribution in [0, 0.1) is 0 Å². The minimum absolute atomic E-state index is 0.215. The minimum Gasteiger partial charge on any atom is -0.497 e. The Morgan fingerprint density at radius 3 is 2.48 bits per heavy atom. The number of nitrogens with zero attached hydrogens (tertiary/aromatic N) is 2. The molecular weight excluding hydrogens is 384 g/mol. The van der Waals surface area contributed by atoms with Crippen molar-refractivity contribution in [1.29, 1.82) is 0 Å². The zero-order valence-electron chi connectivity index (χ0n) is 18.2. The molecular formula is C27H28N2O2. The second-order valence-electron chi connectivity index (χ2n) is 8.29. The molecule has 0 spiro atoms. The van der Waals surface area contributed by atoms with Gasteiger partial charge in [0.05, 0.1) is 18.5 Å². The van der Waals surface area contributed by atoms with Gasteiger partial charge in [0.1, 0.15) is 11.4 Å². The lowest BCUT2D eigenvalue weighted by atomic mass is 9.95. The molecule has 0 atom stereocenters. The number of carbonyl (C=O) groups is 1. The summed E-state index contributed by atoms with van der Waals surface area (Å²) < 4.78 is 9.97. The number of methoxy groups -OCH3 is 1. The highest BCUT2D eigenvalue weighted by Crippen LogP contribution is 2.40. The molecule has 0 aliphatic carbocycles. The van der Waals surface area contributed by atoms with Crippen molar-refractivity contribution in [3.8, 4) is 28.1 Å². The molecule has 2 aromatic carbocycles. The van der Waals surface area contributed by atoms with Gasteiger partial charge < -0.3 is 9.30 Å². The molecule has 4 nitrogen and oxygen atoms in total. The lowest BCUT2D eigenvalue weighted by Gasteiger charge is -2.10. The summed E-state index contributed by atoms with van der Waals surface area (Å²) in [5.41, 5.74) is 7.88. The Balaban J connectivity index is 1.82. The number of carbonyl (C=O) groups excluding carboxylic acids is 1. The highest BCUT2D eigenvalue weighted by atomic mass is 16.5. The molecule has 3 heterocycles. The van der Waals surface area contributed by atoms with Gasteiger partial charge in [-0.2, -0.15) is 0 Å². The van der Waals surface area contributed by atoms with Crippen LogP contribution in [-0.2, 0) is 13.0 Å². The molecule has 0 unspecified atom stereocenters. The normalized spacial score (nSPS) is 13.4. The fourth-order valence-corrected chi connectivity index (χ4v) is 4.91. The van der Waals surface area contributed by atoms with Gasteiger partial charge in [0.25, 0.3) is 0 Å². The van der Waals surface area contributed by atoms with E-state index < -0.39 is 0 Å². The summed E-state index contributed by atoms with van der Waals surface area (Å²) in [6.07, 6.45) is 6.83. The van der Waals surface area contributed by atoms with E-state index in [-0.39, 0.29) is 5.78 Å². The quantitative estimate of drug-likeness (QED) is 0.343. The Morgan fingerprint density at radius 1 is 1.00 bits per heavy atom. The van der Waals surface area contributed by atoms with Crippen LogP contribution in [-0.4, -0.2) is 21.9 Å². The van der Waals surface area contributed by atoms with E-state index in [2.05, 4.69) is 58.5 Å². The number of hydrogen-bond donors (Lipinski definition) is 0. The molecule has 4 aromatic rings. The van der Waals surface area contributed by atoms with Crippen molar-refractivity contribution in [1.82, 2.24) is 8.97 Å². The standard InChI is InChI=1S/C27H28N2O2/c1-3-9-24(30)26-25(20-13-15-21(31-2)16-14-20)22-12-7-8-17-28-23(18-29(26)27(22)28)19-10-5-4-6-11-19/h4-6,10-11,13-16,18H,3,7-9,12,17H2,1-2H3. The van der Waals surface area contributed by atoms with E-state index in [1.54, 1.807) is 7.11 Å². The fourth-order valence-electron chi connectivity index (χ4n) is 4.91. The van der Waals surface area contributed by atoms with Crippen molar-refractivity contribution < 1.29 is 9.53 Å². The number of imidazole rings is 1. The molecule has 2 aromatic heterocycles. The van der Waals surface area contributed by atoms with Gasteiger partial charge in [-0.05, 0) is 48.9 Å². The van der Waals surface area contributed by atoms with Gasteiger partial charge in [0, 0.05) is 30.3 Å². The van der Waals surface area contributed by atoms with Gasteiger partial charge in [0.2, 0.25) is 0 Å². The van der Waals surface area contributed by atoms with Crippen LogP contribution in [0.5, 0.6) is 5.75 Å². The molecule has 0 saturated carbocycles. The minimum atomic E-state index is 0.215. The zero-order chi connectivity index (χ0) is 21.4. The van der Waals surface area contributed by atoms with Crippen molar-refractivity contribution in [2.75, 3.05) is 7.11 Å². The summed E-state index contributed by atoms with van der Waals surface area (Å²) >= 11 is 0. The lowest BCUT2D eigenvalue weighted by molar-refractivity contribution is 0.0977. The number of ketones is 1. The first-order valence-corrected chi connectivity index (χ1v) is 11.2. The first kappa shape index (κ1) is 19.7. The first-order chi connectivity index (χ1) is 15.2. The van der Waals surface area contributed by atoms with Crippen molar-refractivity contribution >= 4 is 11.4 Å². The summed E-state index contributed by atoms with van der Waals surface area (Å²) in [7, 11) is 1.68. The van der Waals surface area contributed by atoms with Crippen LogP contribution in [0.25, 0.3) is 28.0 Å². The average molecular weight is 413 g/mol. The second kappa shape index (κ2) is 8.10. The SMILES string of the molecule is CCCC(=O)c1c(-c2ccc(OC)cc2)c2c3n(c(-c4ccccc4)cn13)CCCC2. The molecule has 31 heavy (non-hydrogen) atoms. The van der Waals surface area contributed by atoms with E-state index in [1.807, 2.05) is 18.2 Å². The van der Waals surface area contributed by atoms with Crippen molar-refractivity contribution in [3.63, 3.8) is 0 Å². The van der Waals surface area contributed by atoms with Crippen LogP contribution < -0.4 is 4.74 Å². The lowest BCUT2D eigenvalue weighted by Crippen LogP contribution is -2.04. The van der Waals surface area contributed by atoms with Crippen LogP contribution in [0.15, 0.2) is 60.8 Å². The van der Waals surface area contributed by atoms with Crippen molar-refractivity contribution in [2.24, 2.45) is 0 Å². The molecule has 1 aliphatic rings. The Hall–Kier alpha value is -3.27. The Bertz CT molecular complexity index is 1230. The van der Waals surface area contributed by atoms with E-state index >= 15 is 0 Å². The number of aromatic nitrogens is 2. The van der Waals surface area contributed by atoms with Gasteiger partial charge in [-0.25, -0.2) is 0 Å². The number of hydrogen-bond acceptors (Lipinski definition) is 2. The monoisotopic (exact) mass is 412 g/mol. The van der Waals surface area contributed by atoms with Gasteiger partial charge in [-0.1, -0.05) is 49.4 Å². The third kappa shape index (κ3) is 3.27. The number of aryl methyl sites for hydroxylation is 2. The third-order valence-corrected chi connectivity index (χ3v) is 6.32. The van der Waals surface area contributed by atoms with Crippen LogP contribution in [0.1, 0.15) is 48.7 Å². The number of ether oxygens (including phenoxy) is 1. The second-order valence-corrected chi connectivity index (χ2v) is 8.29. The smallest absolute Gasteiger partial charge is 0.180 e. The van der Waals surface area contributed by atoms with E-state index in [1.165, 1.54) is 22.5 Å². The van der Waals surface area contributed by atoms with Crippen LogP contribution in [0.2, 0.25) is 0 Å². The largest absolute Gasteiger partial charge is 0.497 e. The highest BCUT2D eigenvalue weighted by molar-refractivity contribution is 6.04. The van der Waals surface area contributed by atoms with Crippen LogP contribution in [0.3, 0.4) is 0 Å². The van der Waals surface area contributed by atoms with Gasteiger partial charge in [-0.15, -0.1) is 0 Å². The molecule has 0 bridgehead atoms. The topological polar surface area (TPSA) is 35.6 Å². The van der Waals surface area contributed by atoms with E-state index in [0.29, 0.717) is 6.42 Å². The van der Waals surface area contributed by atoms with Gasteiger partial charge >= 0.3 is 0 Å². The molecule has 1 aliphatic heterocycles. The zero-order valence-corrected chi connectivity index (χ0v) is 18.2. The van der Waals surface area contributed by atoms with E-state index in [9.17, 15) is 4.79 Å². The van der Waals surface area contributed by atoms with Crippen molar-refractivity contribution in [3.05, 3.63) is 72.1 Å².